The molecule has 5 aromatic rings. The number of likely N-dealkylation sites (tertiary alicyclic amines) is 1. The average molecular weight is 726 g/mol. The molecule has 3 aliphatic rings. The highest BCUT2D eigenvalue weighted by Crippen LogP contribution is 2.34. The summed E-state index contributed by atoms with van der Waals surface area (Å²) in [6, 6.07) is 18.0. The summed E-state index contributed by atoms with van der Waals surface area (Å²) in [4.78, 5) is 59.2. The largest absolute Gasteiger partial charge is 0.507 e. The second-order valence-electron chi connectivity index (χ2n) is 14.0. The fourth-order valence-electron chi connectivity index (χ4n) is 7.70. The summed E-state index contributed by atoms with van der Waals surface area (Å²) in [6.07, 6.45) is 9.01. The number of amides is 2. The number of phenols is 1. The molecule has 0 radical (unpaired) electrons. The third-order valence-corrected chi connectivity index (χ3v) is 10.4. The van der Waals surface area contributed by atoms with Crippen molar-refractivity contribution >= 4 is 34.4 Å². The van der Waals surface area contributed by atoms with Crippen LogP contribution in [0.15, 0.2) is 83.9 Å². The minimum Gasteiger partial charge on any atom is -0.507 e. The molecule has 0 aliphatic carbocycles. The summed E-state index contributed by atoms with van der Waals surface area (Å²) in [5.41, 5.74) is 3.85. The van der Waals surface area contributed by atoms with Gasteiger partial charge >= 0.3 is 5.69 Å². The normalized spacial score (nSPS) is 19.5. The van der Waals surface area contributed by atoms with Crippen LogP contribution in [0.1, 0.15) is 65.5 Å². The van der Waals surface area contributed by atoms with Gasteiger partial charge in [-0.2, -0.15) is 0 Å². The van der Waals surface area contributed by atoms with Gasteiger partial charge in [0.1, 0.15) is 17.6 Å². The molecule has 0 spiro atoms. The molecule has 2 amide bonds. The van der Waals surface area contributed by atoms with Crippen LogP contribution in [0.2, 0.25) is 0 Å². The Morgan fingerprint density at radius 2 is 1.89 bits per heavy atom. The van der Waals surface area contributed by atoms with Gasteiger partial charge in [-0.1, -0.05) is 35.3 Å². The molecular formula is C40H39N9O5. The molecule has 3 aromatic heterocycles. The van der Waals surface area contributed by atoms with Gasteiger partial charge in [0.05, 0.1) is 34.5 Å². The molecule has 8 rings (SSSR count). The number of carbonyl (C=O) groups is 3. The van der Waals surface area contributed by atoms with Crippen LogP contribution in [-0.4, -0.2) is 81.9 Å². The van der Waals surface area contributed by atoms with Gasteiger partial charge in [0.2, 0.25) is 11.8 Å². The van der Waals surface area contributed by atoms with E-state index in [2.05, 4.69) is 37.3 Å². The molecule has 1 unspecified atom stereocenters. The minimum absolute atomic E-state index is 0.0117. The fourth-order valence-corrected chi connectivity index (χ4v) is 7.70. The van der Waals surface area contributed by atoms with Crippen molar-refractivity contribution in [3.05, 3.63) is 112 Å². The third-order valence-electron chi connectivity index (χ3n) is 10.4. The van der Waals surface area contributed by atoms with Crippen LogP contribution in [0.4, 0.5) is 5.82 Å². The Hall–Kier alpha value is -6.49. The Balaban J connectivity index is 0.828. The maximum Gasteiger partial charge on any atom is 0.329 e. The minimum atomic E-state index is -0.722. The maximum atomic E-state index is 13.0. The SMILES string of the molecule is Cn1c(=O)n(C2CCC(=O)NC2=O)c2ccc(C#CCCCc3cn(Cc4cccc(N5C[C@H]6C[C@@H]5CN6/C=C/C(=O)c5ccccc5O)n4)nn3)cc21. The molecule has 0 saturated carbocycles. The zero-order valence-electron chi connectivity index (χ0n) is 29.8. The lowest BCUT2D eigenvalue weighted by Gasteiger charge is -2.34. The number of rotatable bonds is 10. The van der Waals surface area contributed by atoms with E-state index in [0.29, 0.717) is 35.6 Å². The molecule has 6 heterocycles. The number of ketones is 1. The molecule has 54 heavy (non-hydrogen) atoms. The molecule has 14 nitrogen and oxygen atoms in total. The molecule has 3 aliphatic heterocycles. The lowest BCUT2D eigenvalue weighted by molar-refractivity contribution is -0.135. The van der Waals surface area contributed by atoms with E-state index in [1.54, 1.807) is 42.1 Å². The van der Waals surface area contributed by atoms with Crippen LogP contribution in [0.5, 0.6) is 5.75 Å². The van der Waals surface area contributed by atoms with Crippen LogP contribution in [0.25, 0.3) is 11.0 Å². The van der Waals surface area contributed by atoms with Crippen molar-refractivity contribution in [1.29, 1.82) is 0 Å². The zero-order chi connectivity index (χ0) is 37.3. The van der Waals surface area contributed by atoms with E-state index in [1.807, 2.05) is 42.7 Å². The summed E-state index contributed by atoms with van der Waals surface area (Å²) in [5.74, 6) is 6.34. The first kappa shape index (κ1) is 34.6. The second kappa shape index (κ2) is 14.5. The van der Waals surface area contributed by atoms with E-state index in [-0.39, 0.29) is 42.0 Å². The van der Waals surface area contributed by atoms with Crippen molar-refractivity contribution in [2.24, 2.45) is 7.05 Å². The number of benzene rings is 2. The number of aryl methyl sites for hydroxylation is 2. The number of hydrogen-bond donors (Lipinski definition) is 2. The number of imide groups is 1. The van der Waals surface area contributed by atoms with Crippen LogP contribution in [0, 0.1) is 11.8 Å². The predicted octanol–water partition coefficient (Wildman–Crippen LogP) is 3.09. The Morgan fingerprint density at radius 3 is 2.70 bits per heavy atom. The molecule has 2 N–H and O–H groups in total. The number of unbranched alkanes of at least 4 members (excludes halogenated alkanes) is 1. The van der Waals surface area contributed by atoms with Gasteiger partial charge in [-0.05, 0) is 68.1 Å². The van der Waals surface area contributed by atoms with E-state index >= 15 is 0 Å². The van der Waals surface area contributed by atoms with E-state index in [9.17, 15) is 24.3 Å². The Morgan fingerprint density at radius 1 is 1.02 bits per heavy atom. The first-order valence-corrected chi connectivity index (χ1v) is 18.1. The van der Waals surface area contributed by atoms with Gasteiger partial charge in [-0.15, -0.1) is 5.10 Å². The van der Waals surface area contributed by atoms with Gasteiger partial charge < -0.3 is 14.9 Å². The van der Waals surface area contributed by atoms with Crippen molar-refractivity contribution in [2.75, 3.05) is 18.0 Å². The third kappa shape index (κ3) is 6.88. The molecule has 3 fully saturated rings. The smallest absolute Gasteiger partial charge is 0.329 e. The van der Waals surface area contributed by atoms with E-state index in [0.717, 1.165) is 55.1 Å². The number of piperidine rings is 1. The van der Waals surface area contributed by atoms with Crippen LogP contribution in [0.3, 0.4) is 0 Å². The number of carbonyl (C=O) groups excluding carboxylic acids is 3. The number of fused-ring (bicyclic) bond motifs is 3. The predicted molar refractivity (Wildman–Crippen MR) is 200 cm³/mol. The molecule has 14 heteroatoms. The Bertz CT molecular complexity index is 2430. The molecule has 3 saturated heterocycles. The molecule has 3 atom stereocenters. The number of nitrogens with one attached hydrogen (secondary N) is 1. The molecule has 274 valence electrons. The van der Waals surface area contributed by atoms with Crippen molar-refractivity contribution in [1.82, 2.24) is 39.3 Å². The number of hydrogen-bond acceptors (Lipinski definition) is 10. The highest BCUT2D eigenvalue weighted by Gasteiger charge is 2.42. The van der Waals surface area contributed by atoms with Crippen LogP contribution >= 0.6 is 0 Å². The lowest BCUT2D eigenvalue weighted by Crippen LogP contribution is -2.44. The van der Waals surface area contributed by atoms with E-state index < -0.39 is 11.9 Å². The number of imidazole rings is 1. The number of allylic oxidation sites excluding steroid dienone is 1. The van der Waals surface area contributed by atoms with Crippen molar-refractivity contribution < 1.29 is 19.5 Å². The number of aromatic nitrogens is 6. The average Bonchev–Trinajstić information content (AvgIpc) is 3.95. The van der Waals surface area contributed by atoms with Gasteiger partial charge in [0.15, 0.2) is 5.78 Å². The van der Waals surface area contributed by atoms with E-state index in [4.69, 9.17) is 4.98 Å². The molecule has 2 aromatic carbocycles. The summed E-state index contributed by atoms with van der Waals surface area (Å²) in [6.45, 7) is 2.12. The van der Waals surface area contributed by atoms with Crippen molar-refractivity contribution in [3.63, 3.8) is 0 Å². The standard InChI is InChI=1S/C40H39N9O5/c1-45-34-20-26(14-15-32(34)49(40(45)54)33-16-17-38(52)42-39(33)53)8-3-2-4-9-28-23-47(44-43-28)22-27-10-7-13-37(41-27)48-25-29-21-30(48)24-46(29)19-18-36(51)31-11-5-6-12-35(31)50/h5-7,10-15,18-20,23,29-30,33,50H,2,4,9,16-17,21-22,24-25H2,1H3,(H,42,52,53)/b19-18+/t29-,30-,33?/m1/s1. The first-order chi connectivity index (χ1) is 26.2. The summed E-state index contributed by atoms with van der Waals surface area (Å²) >= 11 is 0. The number of nitrogens with zero attached hydrogens (tertiary/aromatic N) is 8. The first-order valence-electron chi connectivity index (χ1n) is 18.1. The number of anilines is 1. The topological polar surface area (TPSA) is 160 Å². The van der Waals surface area contributed by atoms with Crippen LogP contribution < -0.4 is 15.9 Å². The van der Waals surface area contributed by atoms with E-state index in [1.165, 1.54) is 15.2 Å². The quantitative estimate of drug-likeness (QED) is 0.0720. The van der Waals surface area contributed by atoms with Gasteiger partial charge in [0, 0.05) is 69.1 Å². The van der Waals surface area contributed by atoms with Crippen molar-refractivity contribution in [2.45, 2.75) is 63.2 Å². The number of piperazine rings is 1. The number of aromatic hydroxyl groups is 1. The highest BCUT2D eigenvalue weighted by molar-refractivity contribution is 6.06. The molecule has 2 bridgehead atoms. The van der Waals surface area contributed by atoms with Crippen molar-refractivity contribution in [3.8, 4) is 17.6 Å². The summed E-state index contributed by atoms with van der Waals surface area (Å²) in [5, 5.41) is 21.0. The lowest BCUT2D eigenvalue weighted by atomic mass is 10.1. The maximum absolute atomic E-state index is 13.0. The van der Waals surface area contributed by atoms with Gasteiger partial charge in [-0.25, -0.2) is 14.5 Å². The van der Waals surface area contributed by atoms with Gasteiger partial charge in [0.25, 0.3) is 0 Å². The number of pyridine rings is 1. The Labute approximate surface area is 310 Å². The Kier molecular flexibility index (Phi) is 9.29. The monoisotopic (exact) mass is 725 g/mol. The fraction of sp³-hybridized carbons (Fsp3) is 0.325. The van der Waals surface area contributed by atoms with Gasteiger partial charge in [-0.3, -0.25) is 28.8 Å². The summed E-state index contributed by atoms with van der Waals surface area (Å²) < 4.78 is 4.78. The molecular weight excluding hydrogens is 686 g/mol. The highest BCUT2D eigenvalue weighted by atomic mass is 16.3. The summed E-state index contributed by atoms with van der Waals surface area (Å²) in [7, 11) is 1.67. The number of phenolic OH excluding ortho intramolecular Hbond substituents is 1. The zero-order valence-corrected chi connectivity index (χ0v) is 29.8. The number of para-hydroxylation sites is 1. The van der Waals surface area contributed by atoms with Crippen LogP contribution in [-0.2, 0) is 29.6 Å². The second-order valence-corrected chi connectivity index (χ2v) is 14.0.